The third kappa shape index (κ3) is 138. The van der Waals surface area contributed by atoms with Gasteiger partial charge < -0.3 is 200 Å². The summed E-state index contributed by atoms with van der Waals surface area (Å²) in [6, 6.07) is 65.2. The van der Waals surface area contributed by atoms with Crippen LogP contribution >= 0.6 is 0 Å². The molecule has 0 saturated heterocycles. The number of fused-ring (bicyclic) bond motifs is 1. The number of benzene rings is 8. The number of anilines is 4. The molecule has 30 heteroatoms. The van der Waals surface area contributed by atoms with Crippen LogP contribution < -0.4 is 86.0 Å². The number of hydrogen-bond acceptors (Lipinski definition) is 15. The molecule has 0 aliphatic heterocycles. The largest absolute Gasteiger partial charge is 0.518 e. The Hall–Kier alpha value is 4.08. The van der Waals surface area contributed by atoms with E-state index in [-0.39, 0.29) is 491 Å². The van der Waals surface area contributed by atoms with E-state index >= 15 is 0 Å². The summed E-state index contributed by atoms with van der Waals surface area (Å²) in [6.07, 6.45) is 66.9. The first-order valence-corrected chi connectivity index (χ1v) is 43.2. The van der Waals surface area contributed by atoms with Crippen LogP contribution in [0.1, 0.15) is 130 Å². The van der Waals surface area contributed by atoms with Gasteiger partial charge in [-0.05, 0) is 138 Å². The molecule has 9 rings (SSSR count). The Morgan fingerprint density at radius 1 is 0.396 bits per heavy atom. The topological polar surface area (TPSA) is 390 Å². The van der Waals surface area contributed by atoms with Crippen molar-refractivity contribution in [3.8, 4) is 11.1 Å². The summed E-state index contributed by atoms with van der Waals surface area (Å²) in [6.45, 7) is 62.6. The minimum Gasteiger partial charge on any atom is -0.518 e. The molecule has 0 bridgehead atoms. The second-order valence-electron chi connectivity index (χ2n) is 26.3. The Kier molecular flexibility index (Phi) is 230. The summed E-state index contributed by atoms with van der Waals surface area (Å²) in [5.74, 6) is 0. The number of hydrogen-bond donors (Lipinski definition) is 15. The molecular formula is C114H156N15Y15-19. The first-order valence-electron chi connectivity index (χ1n) is 43.2. The van der Waals surface area contributed by atoms with E-state index in [1.807, 2.05) is 182 Å². The number of rotatable bonds is 33. The monoisotopic (exact) mass is 3070 g/mol. The first kappa shape index (κ1) is 198. The van der Waals surface area contributed by atoms with Gasteiger partial charge in [-0.25, -0.2) is 44.2 Å². The third-order valence-electron chi connectivity index (χ3n) is 15.9. The molecule has 0 aromatic heterocycles. The Balaban J connectivity index is -0.0000000592. The summed E-state index contributed by atoms with van der Waals surface area (Å²) in [7, 11) is 0. The van der Waals surface area contributed by atoms with Crippen LogP contribution in [0.3, 0.4) is 0 Å². The summed E-state index contributed by atoms with van der Waals surface area (Å²) >= 11 is 0. The van der Waals surface area contributed by atoms with Gasteiger partial charge in [-0.3, -0.25) is 24.8 Å². The van der Waals surface area contributed by atoms with Gasteiger partial charge in [0.25, 0.3) is 0 Å². The van der Waals surface area contributed by atoms with Gasteiger partial charge in [0.1, 0.15) is 0 Å². The van der Waals surface area contributed by atoms with E-state index in [2.05, 4.69) is 109 Å². The molecule has 1 aliphatic rings. The van der Waals surface area contributed by atoms with Gasteiger partial charge in [0.05, 0.1) is 0 Å². The standard InChI is InChI=1S/C12H10N.C11H10N.C11H13N.2C9H12N.C8H10N.C8H8N.C8H13N.C8H11N.C7H9N.C5H12N.2C5H10N.2C4H8N.15Y/c13-12-9-5-4-8-11(12)10-6-2-1-3-7-10;1-8-4-2-5-9-6-3-7-10(12)11(8)9;1-2-3-4-7-10-8-5-6-9-11(10)12;1-8-4-2-3-5-9(8)6-7-10;10-8-4-7-9-5-2-1-3-6-9;2*1-2-7-5-3-4-6-8(7)9;2*1-2-3-4-5-6-7-8-9;1-2-3-4-5-6-7-8;3*1-2-3-4-5-6;2*1-2-3-4-5;;;;;;;;;;;;;;;/h1-6,8-9H,13H2;2-7H,1,12H2;1-3,5,8H,6-7,9,12H2;2-5H,1,6-7,10H2;1-3,5H,4,7-8,10H2;3-6H,1-2,9H2;1-6H,9H2;1-3H,5-9H2;1-3,5-6H,7-9H2;1-3,5-6H,7-8H2;1-6H2;2-3H,1,4-6H2;1-2H,3-6H2;3-4H,1-2,5H2;2-3H,1,4-5H2;;;;;;;;;;;;;;;/q2*-1;-2;4*-1;3*-2;5*-1;;;;;;;;;;;;;;;/b;;;;;;;;6-5+;;;;;;;;;;;;;;;;;;;;;. The van der Waals surface area contributed by atoms with Crippen molar-refractivity contribution in [1.82, 2.24) is 0 Å². The van der Waals surface area contributed by atoms with Gasteiger partial charge in [-0.1, -0.05) is 177 Å². The van der Waals surface area contributed by atoms with Crippen LogP contribution in [0.2, 0.25) is 0 Å². The molecule has 0 fully saturated rings. The maximum atomic E-state index is 5.83. The number of para-hydroxylation sites is 3. The van der Waals surface area contributed by atoms with Crippen LogP contribution in [0.15, 0.2) is 321 Å². The van der Waals surface area contributed by atoms with Crippen LogP contribution in [-0.2, 0) is 510 Å². The van der Waals surface area contributed by atoms with Gasteiger partial charge in [-0.15, -0.1) is 72.1 Å². The van der Waals surface area contributed by atoms with Crippen molar-refractivity contribution in [1.29, 1.82) is 0 Å². The Morgan fingerprint density at radius 2 is 0.868 bits per heavy atom. The number of unbranched alkanes of at least 4 members (excludes halogenated alkanes) is 5. The molecule has 0 spiro atoms. The molecule has 15 radical (unpaired) electrons. The van der Waals surface area contributed by atoms with E-state index in [9.17, 15) is 0 Å². The summed E-state index contributed by atoms with van der Waals surface area (Å²) < 4.78 is 0. The van der Waals surface area contributed by atoms with Crippen LogP contribution in [0, 0.1) is 124 Å². The van der Waals surface area contributed by atoms with Gasteiger partial charge in [0.2, 0.25) is 0 Å². The number of nitrogens with two attached hydrogens (primary N) is 15. The van der Waals surface area contributed by atoms with Crippen LogP contribution in [0.4, 0.5) is 22.7 Å². The molecule has 1 aliphatic carbocycles. The zero-order valence-electron chi connectivity index (χ0n) is 85.8. The summed E-state index contributed by atoms with van der Waals surface area (Å²) in [5, 5.41) is 2.22. The zero-order chi connectivity index (χ0) is 97.3. The van der Waals surface area contributed by atoms with Gasteiger partial charge >= 0.3 is 0 Å². The molecule has 30 N–H and O–H groups in total. The average Bonchev–Trinajstić information content (AvgIpc) is 0.816. The van der Waals surface area contributed by atoms with Crippen molar-refractivity contribution in [3.63, 3.8) is 0 Å². The van der Waals surface area contributed by atoms with Crippen LogP contribution in [0.25, 0.3) is 28.0 Å². The molecule has 144 heavy (non-hydrogen) atoms. The van der Waals surface area contributed by atoms with E-state index in [1.54, 1.807) is 72.9 Å². The van der Waals surface area contributed by atoms with Crippen molar-refractivity contribution in [2.24, 2.45) is 63.1 Å². The SMILES string of the molecule is NCCCc1[c-]cccc1.Nc1ccccc1-c1[c-]cccc1.[CH-]=CC=[C-]/C=C/CCN.[CH-]=CC=[C-]C=CCN.[CH-]=CC=[C-]CC1=C(N)CCC=C1.[CH-]=CC=[C-]CCCCN.[CH-]=CCCCN.[CH-]=Cc1ccccc1N.[CH2-]C=CCCN.[CH2-]C=CCN.[CH2-]CC=CN.[CH2-]CCCCN.[CH2-]Cc1ccccc1N.[CH2-]c1cccc2cccc(N)c12.[CH2-]c1ccccc1CCN.[Y].[Y].[Y].[Y].[Y].[Y].[Y].[Y].[Y].[Y].[Y].[Y].[Y].[Y].[Y]. The Morgan fingerprint density at radius 3 is 1.26 bits per heavy atom. The maximum absolute atomic E-state index is 5.83. The molecule has 15 nitrogen and oxygen atoms in total. The fraction of sp³-hybridized carbons (Fsp3) is 0.237. The quantitative estimate of drug-likeness (QED) is 0.00786. The molecule has 0 atom stereocenters. The van der Waals surface area contributed by atoms with Crippen molar-refractivity contribution < 1.29 is 491 Å². The van der Waals surface area contributed by atoms with Gasteiger partial charge in [-0.2, -0.15) is 122 Å². The average molecular weight is 3070 g/mol. The van der Waals surface area contributed by atoms with E-state index in [0.717, 1.165) is 214 Å². The van der Waals surface area contributed by atoms with Crippen molar-refractivity contribution in [2.45, 2.75) is 116 Å². The predicted octanol–water partition coefficient (Wildman–Crippen LogP) is 20.7. The molecular weight excluding hydrogens is 2910 g/mol. The fourth-order valence-corrected chi connectivity index (χ4v) is 9.25. The molecule has 8 aromatic rings. The number of aryl methyl sites for hydroxylation is 1. The van der Waals surface area contributed by atoms with Crippen molar-refractivity contribution in [3.05, 3.63) is 479 Å². The van der Waals surface area contributed by atoms with Crippen molar-refractivity contribution in [2.75, 3.05) is 81.8 Å². The van der Waals surface area contributed by atoms with Crippen LogP contribution in [-0.4, -0.2) is 58.9 Å². The molecule has 0 amide bonds. The Bertz CT molecular complexity index is 4270. The third-order valence-corrected chi connectivity index (χ3v) is 15.9. The first-order chi connectivity index (χ1) is 62.8. The smallest absolute Gasteiger partial charge is 0.0320 e. The Labute approximate surface area is 1260 Å². The maximum Gasteiger partial charge on any atom is 0.0320 e. The minimum atomic E-state index is 0. The molecule has 0 heterocycles. The zero-order valence-corrected chi connectivity index (χ0v) is 128. The molecule has 751 valence electrons. The predicted molar refractivity (Wildman–Crippen MR) is 569 cm³/mol. The van der Waals surface area contributed by atoms with Gasteiger partial charge in [0.15, 0.2) is 0 Å². The fourth-order valence-electron chi connectivity index (χ4n) is 9.25. The molecule has 0 saturated carbocycles. The molecule has 8 aromatic carbocycles. The second-order valence-corrected chi connectivity index (χ2v) is 26.3. The summed E-state index contributed by atoms with van der Waals surface area (Å²) in [4.78, 5) is 0. The molecule has 0 unspecified atom stereocenters. The minimum absolute atomic E-state index is 0. The normalized spacial score (nSPS) is 9.47. The van der Waals surface area contributed by atoms with E-state index in [1.165, 1.54) is 59.7 Å². The number of allylic oxidation sites excluding steroid dienone is 22. The van der Waals surface area contributed by atoms with Crippen LogP contribution in [0.5, 0.6) is 0 Å². The van der Waals surface area contributed by atoms with Gasteiger partial charge in [0, 0.05) is 502 Å². The van der Waals surface area contributed by atoms with Crippen molar-refractivity contribution >= 4 is 39.6 Å². The summed E-state index contributed by atoms with van der Waals surface area (Å²) in [5.41, 5.74) is 94.3. The second kappa shape index (κ2) is 167. The van der Waals surface area contributed by atoms with E-state index in [0.29, 0.717) is 26.2 Å². The van der Waals surface area contributed by atoms with E-state index in [4.69, 9.17) is 125 Å². The van der Waals surface area contributed by atoms with E-state index < -0.39 is 0 Å². The number of nitrogen functional groups attached to an aromatic ring is 4.